The van der Waals surface area contributed by atoms with Crippen molar-refractivity contribution in [3.05, 3.63) is 12.7 Å². The molecule has 0 aliphatic carbocycles. The molecule has 1 aliphatic rings. The number of carbonyl (C=O) groups is 2. The molecule has 0 aromatic heterocycles. The SMILES string of the molecule is C=CCOC(=O)N1CC[C@@H](O)C[C@@H]1C(=O)O. The molecule has 0 bridgehead atoms. The summed E-state index contributed by atoms with van der Waals surface area (Å²) in [5, 5.41) is 18.3. The van der Waals surface area contributed by atoms with Gasteiger partial charge in [0.05, 0.1) is 6.10 Å². The summed E-state index contributed by atoms with van der Waals surface area (Å²) < 4.78 is 4.77. The van der Waals surface area contributed by atoms with Gasteiger partial charge in [0.1, 0.15) is 12.6 Å². The average molecular weight is 229 g/mol. The molecular weight excluding hydrogens is 214 g/mol. The lowest BCUT2D eigenvalue weighted by molar-refractivity contribution is -0.145. The molecule has 16 heavy (non-hydrogen) atoms. The van der Waals surface area contributed by atoms with Crippen LogP contribution in [0.25, 0.3) is 0 Å². The maximum absolute atomic E-state index is 11.5. The lowest BCUT2D eigenvalue weighted by atomic mass is 10.0. The van der Waals surface area contributed by atoms with Crippen LogP contribution >= 0.6 is 0 Å². The molecule has 6 nitrogen and oxygen atoms in total. The second-order valence-corrected chi connectivity index (χ2v) is 3.59. The number of carboxylic acids is 1. The first-order valence-electron chi connectivity index (χ1n) is 5.01. The van der Waals surface area contributed by atoms with Gasteiger partial charge in [-0.3, -0.25) is 4.90 Å². The third-order valence-corrected chi connectivity index (χ3v) is 2.42. The van der Waals surface area contributed by atoms with E-state index >= 15 is 0 Å². The smallest absolute Gasteiger partial charge is 0.410 e. The molecule has 1 rings (SSSR count). The van der Waals surface area contributed by atoms with E-state index in [4.69, 9.17) is 9.84 Å². The second kappa shape index (κ2) is 5.50. The van der Waals surface area contributed by atoms with Crippen molar-refractivity contribution in [2.45, 2.75) is 25.0 Å². The van der Waals surface area contributed by atoms with E-state index in [2.05, 4.69) is 6.58 Å². The fraction of sp³-hybridized carbons (Fsp3) is 0.600. The van der Waals surface area contributed by atoms with E-state index < -0.39 is 24.2 Å². The van der Waals surface area contributed by atoms with Crippen LogP contribution in [0.1, 0.15) is 12.8 Å². The normalized spacial score (nSPS) is 24.9. The number of carbonyl (C=O) groups excluding carboxylic acids is 1. The van der Waals surface area contributed by atoms with E-state index in [0.717, 1.165) is 4.90 Å². The van der Waals surface area contributed by atoms with Crippen LogP contribution in [0.2, 0.25) is 0 Å². The zero-order valence-corrected chi connectivity index (χ0v) is 8.83. The van der Waals surface area contributed by atoms with Crippen molar-refractivity contribution in [3.8, 4) is 0 Å². The highest BCUT2D eigenvalue weighted by Crippen LogP contribution is 2.18. The van der Waals surface area contributed by atoms with Crippen LogP contribution in [0.5, 0.6) is 0 Å². The number of hydrogen-bond donors (Lipinski definition) is 2. The predicted molar refractivity (Wildman–Crippen MR) is 54.9 cm³/mol. The topological polar surface area (TPSA) is 87.1 Å². The number of ether oxygens (including phenoxy) is 1. The molecule has 1 amide bonds. The lowest BCUT2D eigenvalue weighted by Gasteiger charge is -2.34. The van der Waals surface area contributed by atoms with Crippen LogP contribution in [0.3, 0.4) is 0 Å². The van der Waals surface area contributed by atoms with Crippen LogP contribution < -0.4 is 0 Å². The summed E-state index contributed by atoms with van der Waals surface area (Å²) in [6.07, 6.45) is 0.460. The molecule has 2 atom stereocenters. The van der Waals surface area contributed by atoms with Crippen molar-refractivity contribution < 1.29 is 24.5 Å². The van der Waals surface area contributed by atoms with Crippen LogP contribution in [-0.2, 0) is 9.53 Å². The molecular formula is C10H15NO5. The van der Waals surface area contributed by atoms with Crippen molar-refractivity contribution in [1.29, 1.82) is 0 Å². The lowest BCUT2D eigenvalue weighted by Crippen LogP contribution is -2.51. The van der Waals surface area contributed by atoms with E-state index in [-0.39, 0.29) is 19.6 Å². The summed E-state index contributed by atoms with van der Waals surface area (Å²) in [4.78, 5) is 23.5. The Morgan fingerprint density at radius 1 is 1.56 bits per heavy atom. The Kier molecular flexibility index (Phi) is 4.30. The van der Waals surface area contributed by atoms with Crippen LogP contribution in [0.4, 0.5) is 4.79 Å². The van der Waals surface area contributed by atoms with Crippen molar-refractivity contribution in [3.63, 3.8) is 0 Å². The van der Waals surface area contributed by atoms with Gasteiger partial charge in [-0.1, -0.05) is 12.7 Å². The van der Waals surface area contributed by atoms with Gasteiger partial charge in [0.15, 0.2) is 0 Å². The first-order chi connectivity index (χ1) is 7.56. The van der Waals surface area contributed by atoms with Crippen molar-refractivity contribution in [2.24, 2.45) is 0 Å². The molecule has 0 radical (unpaired) electrons. The Balaban J connectivity index is 2.64. The van der Waals surface area contributed by atoms with Gasteiger partial charge >= 0.3 is 12.1 Å². The van der Waals surface area contributed by atoms with Crippen LogP contribution in [-0.4, -0.2) is 52.5 Å². The van der Waals surface area contributed by atoms with E-state index in [1.165, 1.54) is 6.08 Å². The van der Waals surface area contributed by atoms with Gasteiger partial charge in [-0.2, -0.15) is 0 Å². The quantitative estimate of drug-likeness (QED) is 0.676. The monoisotopic (exact) mass is 229 g/mol. The van der Waals surface area contributed by atoms with Crippen LogP contribution in [0, 0.1) is 0 Å². The number of nitrogens with zero attached hydrogens (tertiary/aromatic N) is 1. The Morgan fingerprint density at radius 3 is 2.81 bits per heavy atom. The number of hydrogen-bond acceptors (Lipinski definition) is 4. The molecule has 0 unspecified atom stereocenters. The van der Waals surface area contributed by atoms with Crippen molar-refractivity contribution in [2.75, 3.05) is 13.2 Å². The highest BCUT2D eigenvalue weighted by molar-refractivity contribution is 5.80. The minimum absolute atomic E-state index is 0.0402. The number of likely N-dealkylation sites (tertiary alicyclic amines) is 1. The van der Waals surface area contributed by atoms with E-state index in [1.54, 1.807) is 0 Å². The van der Waals surface area contributed by atoms with Crippen molar-refractivity contribution >= 4 is 12.1 Å². The summed E-state index contributed by atoms with van der Waals surface area (Å²) in [5.41, 5.74) is 0. The average Bonchev–Trinajstić information content (AvgIpc) is 2.25. The summed E-state index contributed by atoms with van der Waals surface area (Å²) in [6.45, 7) is 3.63. The number of aliphatic carboxylic acids is 1. The third-order valence-electron chi connectivity index (χ3n) is 2.42. The molecule has 0 saturated carbocycles. The Labute approximate surface area is 93.1 Å². The number of carboxylic acid groups (broad SMARTS) is 1. The molecule has 2 N–H and O–H groups in total. The third kappa shape index (κ3) is 2.96. The van der Waals surface area contributed by atoms with Gasteiger partial charge in [-0.15, -0.1) is 0 Å². The molecule has 0 aromatic rings. The summed E-state index contributed by atoms with van der Waals surface area (Å²) >= 11 is 0. The predicted octanol–water partition coefficient (Wildman–Crippen LogP) is 0.219. The van der Waals surface area contributed by atoms with Crippen LogP contribution in [0.15, 0.2) is 12.7 Å². The van der Waals surface area contributed by atoms with E-state index in [1.807, 2.05) is 0 Å². The Hall–Kier alpha value is -1.56. The minimum Gasteiger partial charge on any atom is -0.480 e. The second-order valence-electron chi connectivity index (χ2n) is 3.59. The number of piperidine rings is 1. The number of aliphatic hydroxyl groups excluding tert-OH is 1. The standard InChI is InChI=1S/C10H15NO5/c1-2-5-16-10(15)11-4-3-7(12)6-8(11)9(13)14/h2,7-8,12H,1,3-6H2,(H,13,14)/t7-,8-/m1/s1. The first-order valence-corrected chi connectivity index (χ1v) is 5.01. The molecule has 90 valence electrons. The number of aliphatic hydroxyl groups is 1. The maximum Gasteiger partial charge on any atom is 0.410 e. The summed E-state index contributed by atoms with van der Waals surface area (Å²) in [7, 11) is 0. The number of rotatable bonds is 3. The highest BCUT2D eigenvalue weighted by atomic mass is 16.6. The maximum atomic E-state index is 11.5. The zero-order valence-electron chi connectivity index (χ0n) is 8.83. The molecule has 1 heterocycles. The Bertz CT molecular complexity index is 291. The summed E-state index contributed by atoms with van der Waals surface area (Å²) in [6, 6.07) is -1.01. The fourth-order valence-electron chi connectivity index (χ4n) is 1.61. The van der Waals surface area contributed by atoms with Gasteiger partial charge in [0, 0.05) is 13.0 Å². The van der Waals surface area contributed by atoms with E-state index in [0.29, 0.717) is 6.42 Å². The minimum atomic E-state index is -1.13. The molecule has 6 heteroatoms. The first kappa shape index (κ1) is 12.5. The molecule has 1 fully saturated rings. The summed E-state index contributed by atoms with van der Waals surface area (Å²) in [5.74, 6) is -1.13. The molecule has 1 saturated heterocycles. The van der Waals surface area contributed by atoms with Gasteiger partial charge in [-0.25, -0.2) is 9.59 Å². The van der Waals surface area contributed by atoms with Crippen molar-refractivity contribution in [1.82, 2.24) is 4.90 Å². The highest BCUT2D eigenvalue weighted by Gasteiger charge is 2.36. The van der Waals surface area contributed by atoms with E-state index in [9.17, 15) is 14.7 Å². The van der Waals surface area contributed by atoms with Gasteiger partial charge in [-0.05, 0) is 6.42 Å². The largest absolute Gasteiger partial charge is 0.480 e. The van der Waals surface area contributed by atoms with Gasteiger partial charge in [0.25, 0.3) is 0 Å². The zero-order chi connectivity index (χ0) is 12.1. The number of amides is 1. The Morgan fingerprint density at radius 2 is 2.25 bits per heavy atom. The molecule has 0 spiro atoms. The molecule has 1 aliphatic heterocycles. The van der Waals surface area contributed by atoms with Gasteiger partial charge < -0.3 is 14.9 Å². The fourth-order valence-corrected chi connectivity index (χ4v) is 1.61. The van der Waals surface area contributed by atoms with Gasteiger partial charge in [0.2, 0.25) is 0 Å². The molecule has 0 aromatic carbocycles.